The maximum Gasteiger partial charge on any atom is 0.269 e. The van der Waals surface area contributed by atoms with Gasteiger partial charge in [-0.05, 0) is 11.6 Å². The molecule has 74 valence electrons. The van der Waals surface area contributed by atoms with Crippen molar-refractivity contribution in [3.05, 3.63) is 33.2 Å². The number of hydrogen-bond donors (Lipinski definition) is 1. The molecule has 0 radical (unpaired) electrons. The van der Waals surface area contributed by atoms with Gasteiger partial charge in [0.15, 0.2) is 0 Å². The second-order valence-corrected chi connectivity index (χ2v) is 2.76. The molecule has 0 saturated heterocycles. The molecule has 0 atom stereocenters. The molecule has 0 aliphatic rings. The summed E-state index contributed by atoms with van der Waals surface area (Å²) >= 11 is 5.38. The molecular formula is C8H5ClF2N2O. The summed E-state index contributed by atoms with van der Waals surface area (Å²) in [5.41, 5.74) is -1.72. The molecule has 6 heteroatoms. The molecule has 1 aromatic heterocycles. The molecule has 0 amide bonds. The van der Waals surface area contributed by atoms with Gasteiger partial charge < -0.3 is 4.98 Å². The Labute approximate surface area is 82.9 Å². The van der Waals surface area contributed by atoms with Gasteiger partial charge in [-0.3, -0.25) is 4.79 Å². The molecular weight excluding hydrogens is 214 g/mol. The first-order valence-corrected chi connectivity index (χ1v) is 4.14. The van der Waals surface area contributed by atoms with Gasteiger partial charge in [0.2, 0.25) is 0 Å². The largest absolute Gasteiger partial charge is 0.313 e. The summed E-state index contributed by atoms with van der Waals surface area (Å²) in [7, 11) is 0. The number of hydrogen-bond acceptors (Lipinski definition) is 2. The fraction of sp³-hybridized carbons (Fsp3) is 0.250. The average molecular weight is 219 g/mol. The third kappa shape index (κ3) is 1.91. The number of aromatic amines is 1. The highest BCUT2D eigenvalue weighted by molar-refractivity contribution is 6.17. The molecule has 0 fully saturated rings. The predicted molar refractivity (Wildman–Crippen MR) is 46.3 cm³/mol. The van der Waals surface area contributed by atoms with Gasteiger partial charge >= 0.3 is 0 Å². The lowest BCUT2D eigenvalue weighted by Gasteiger charge is -2.04. The van der Waals surface area contributed by atoms with Crippen LogP contribution in [0.5, 0.6) is 0 Å². The van der Waals surface area contributed by atoms with E-state index in [2.05, 4.69) is 0 Å². The number of nitrogens with zero attached hydrogens (tertiary/aromatic N) is 1. The predicted octanol–water partition coefficient (Wildman–Crippen LogP) is 1.92. The van der Waals surface area contributed by atoms with Crippen LogP contribution in [0.2, 0.25) is 0 Å². The van der Waals surface area contributed by atoms with Crippen molar-refractivity contribution in [2.24, 2.45) is 0 Å². The van der Waals surface area contributed by atoms with E-state index in [1.807, 2.05) is 4.98 Å². The number of alkyl halides is 3. The van der Waals surface area contributed by atoms with Crippen LogP contribution in [0.4, 0.5) is 8.78 Å². The molecule has 0 aromatic carbocycles. The zero-order chi connectivity index (χ0) is 10.7. The van der Waals surface area contributed by atoms with Crippen molar-refractivity contribution >= 4 is 11.6 Å². The summed E-state index contributed by atoms with van der Waals surface area (Å²) in [6.07, 6.45) is -2.89. The molecule has 1 N–H and O–H groups in total. The van der Waals surface area contributed by atoms with E-state index in [4.69, 9.17) is 16.9 Å². The van der Waals surface area contributed by atoms with Gasteiger partial charge in [0.05, 0.1) is 5.56 Å². The number of rotatable bonds is 2. The minimum atomic E-state index is -2.89. The fourth-order valence-electron chi connectivity index (χ4n) is 1.03. The zero-order valence-corrected chi connectivity index (χ0v) is 7.61. The third-order valence-corrected chi connectivity index (χ3v) is 1.93. The lowest BCUT2D eigenvalue weighted by molar-refractivity contribution is 0.148. The molecule has 0 unspecified atom stereocenters. The monoisotopic (exact) mass is 218 g/mol. The van der Waals surface area contributed by atoms with Crippen LogP contribution in [0.15, 0.2) is 10.9 Å². The van der Waals surface area contributed by atoms with Crippen molar-refractivity contribution in [3.63, 3.8) is 0 Å². The quantitative estimate of drug-likeness (QED) is 0.771. The molecule has 14 heavy (non-hydrogen) atoms. The first-order chi connectivity index (χ1) is 6.60. The van der Waals surface area contributed by atoms with Crippen LogP contribution in [0.3, 0.4) is 0 Å². The van der Waals surface area contributed by atoms with E-state index in [9.17, 15) is 13.6 Å². The van der Waals surface area contributed by atoms with Gasteiger partial charge in [-0.15, -0.1) is 11.6 Å². The molecule has 0 saturated carbocycles. The lowest BCUT2D eigenvalue weighted by Crippen LogP contribution is -2.16. The van der Waals surface area contributed by atoms with Gasteiger partial charge in [0.1, 0.15) is 11.8 Å². The first kappa shape index (κ1) is 10.7. The number of aromatic nitrogens is 1. The second-order valence-electron chi connectivity index (χ2n) is 2.50. The second kappa shape index (κ2) is 4.20. The smallest absolute Gasteiger partial charge is 0.269 e. The highest BCUT2D eigenvalue weighted by Gasteiger charge is 2.17. The van der Waals surface area contributed by atoms with Crippen molar-refractivity contribution in [1.82, 2.24) is 4.98 Å². The number of pyridine rings is 1. The van der Waals surface area contributed by atoms with Gasteiger partial charge in [-0.1, -0.05) is 0 Å². The van der Waals surface area contributed by atoms with E-state index >= 15 is 0 Å². The van der Waals surface area contributed by atoms with E-state index in [1.54, 1.807) is 6.07 Å². The van der Waals surface area contributed by atoms with Crippen molar-refractivity contribution < 1.29 is 8.78 Å². The number of H-pyrrole nitrogens is 1. The van der Waals surface area contributed by atoms with Crippen LogP contribution in [0.1, 0.15) is 23.2 Å². The molecule has 1 rings (SSSR count). The van der Waals surface area contributed by atoms with Crippen LogP contribution in [0.25, 0.3) is 0 Å². The summed E-state index contributed by atoms with van der Waals surface area (Å²) in [6, 6.07) is 2.80. The van der Waals surface area contributed by atoms with Crippen molar-refractivity contribution in [3.8, 4) is 6.07 Å². The number of nitrogens with one attached hydrogen (secondary N) is 1. The molecule has 0 bridgehead atoms. The summed E-state index contributed by atoms with van der Waals surface area (Å²) in [4.78, 5) is 13.1. The van der Waals surface area contributed by atoms with Gasteiger partial charge in [0.25, 0.3) is 12.0 Å². The Morgan fingerprint density at radius 1 is 1.64 bits per heavy atom. The normalized spacial score (nSPS) is 10.2. The Bertz CT molecular complexity index is 436. The SMILES string of the molecule is N#Cc1cc(CCl)c(C(F)F)c(=O)[nH]1. The third-order valence-electron chi connectivity index (χ3n) is 1.64. The van der Waals surface area contributed by atoms with Crippen molar-refractivity contribution in [2.75, 3.05) is 0 Å². The Morgan fingerprint density at radius 3 is 2.71 bits per heavy atom. The van der Waals surface area contributed by atoms with E-state index < -0.39 is 17.5 Å². The van der Waals surface area contributed by atoms with E-state index in [1.165, 1.54) is 0 Å². The van der Waals surface area contributed by atoms with Crippen LogP contribution in [-0.2, 0) is 5.88 Å². The Kier molecular flexibility index (Phi) is 3.20. The van der Waals surface area contributed by atoms with Crippen molar-refractivity contribution in [2.45, 2.75) is 12.3 Å². The van der Waals surface area contributed by atoms with E-state index in [0.29, 0.717) is 0 Å². The molecule has 0 spiro atoms. The number of halogens is 3. The van der Waals surface area contributed by atoms with Crippen LogP contribution in [0, 0.1) is 11.3 Å². The van der Waals surface area contributed by atoms with Gasteiger partial charge in [-0.25, -0.2) is 8.78 Å². The summed E-state index contributed by atoms with van der Waals surface area (Å²) in [6.45, 7) is 0. The Hall–Kier alpha value is -1.41. The molecule has 0 aliphatic carbocycles. The highest BCUT2D eigenvalue weighted by Crippen LogP contribution is 2.20. The van der Waals surface area contributed by atoms with Gasteiger partial charge in [0, 0.05) is 5.88 Å². The van der Waals surface area contributed by atoms with Gasteiger partial charge in [-0.2, -0.15) is 5.26 Å². The van der Waals surface area contributed by atoms with E-state index in [0.717, 1.165) is 6.07 Å². The average Bonchev–Trinajstić information content (AvgIpc) is 2.15. The summed E-state index contributed by atoms with van der Waals surface area (Å²) in [5, 5.41) is 8.46. The van der Waals surface area contributed by atoms with E-state index in [-0.39, 0.29) is 17.1 Å². The Morgan fingerprint density at radius 2 is 2.29 bits per heavy atom. The summed E-state index contributed by atoms with van der Waals surface area (Å²) < 4.78 is 24.7. The maximum absolute atomic E-state index is 12.3. The number of nitriles is 1. The molecule has 1 aromatic rings. The minimum Gasteiger partial charge on any atom is -0.313 e. The first-order valence-electron chi connectivity index (χ1n) is 3.60. The lowest BCUT2D eigenvalue weighted by atomic mass is 10.1. The maximum atomic E-state index is 12.3. The van der Waals surface area contributed by atoms with Crippen LogP contribution >= 0.6 is 11.6 Å². The minimum absolute atomic E-state index is 0.0121. The Balaban J connectivity index is 3.45. The zero-order valence-electron chi connectivity index (χ0n) is 6.85. The molecule has 3 nitrogen and oxygen atoms in total. The summed E-state index contributed by atoms with van der Waals surface area (Å²) in [5.74, 6) is -0.224. The van der Waals surface area contributed by atoms with Crippen molar-refractivity contribution in [1.29, 1.82) is 5.26 Å². The molecule has 0 aliphatic heterocycles. The molecule has 1 heterocycles. The topological polar surface area (TPSA) is 56.6 Å². The highest BCUT2D eigenvalue weighted by atomic mass is 35.5. The fourth-order valence-corrected chi connectivity index (χ4v) is 1.25. The van der Waals surface area contributed by atoms with Crippen LogP contribution in [-0.4, -0.2) is 4.98 Å². The standard InChI is InChI=1S/C8H5ClF2N2O/c9-2-4-1-5(3-12)13-8(14)6(4)7(10)11/h1,7H,2H2,(H,13,14). The van der Waals surface area contributed by atoms with Crippen LogP contribution < -0.4 is 5.56 Å².